The fourth-order valence-electron chi connectivity index (χ4n) is 4.83. The topological polar surface area (TPSA) is 71.7 Å². The van der Waals surface area contributed by atoms with E-state index in [9.17, 15) is 18.0 Å². The lowest BCUT2D eigenvalue weighted by Gasteiger charge is -2.26. The SMILES string of the molecule is C=C1C=CC=C(C(N)=O)N1CC.FC(F)(F)COc1nc2c(s1)CCN(CCC1CCCCC1)CC2. The Bertz CT molecular complexity index is 926. The second-order valence-corrected chi connectivity index (χ2v) is 10.4. The molecule has 0 unspecified atom stereocenters. The fourth-order valence-corrected chi connectivity index (χ4v) is 5.77. The molecule has 1 aromatic heterocycles. The van der Waals surface area contributed by atoms with Gasteiger partial charge in [0.05, 0.1) is 5.69 Å². The highest BCUT2D eigenvalue weighted by molar-refractivity contribution is 7.13. The number of fused-ring (bicyclic) bond motifs is 1. The fraction of sp³-hybridized carbons (Fsp3) is 0.615. The summed E-state index contributed by atoms with van der Waals surface area (Å²) < 4.78 is 41.5. The third-order valence-electron chi connectivity index (χ3n) is 6.77. The molecule has 1 aromatic rings. The van der Waals surface area contributed by atoms with Gasteiger partial charge in [0.2, 0.25) is 0 Å². The molecule has 200 valence electrons. The molecule has 1 aliphatic carbocycles. The predicted molar refractivity (Wildman–Crippen MR) is 137 cm³/mol. The molecule has 1 amide bonds. The molecule has 0 spiro atoms. The summed E-state index contributed by atoms with van der Waals surface area (Å²) in [7, 11) is 0. The van der Waals surface area contributed by atoms with Crippen LogP contribution in [0.1, 0.15) is 56.0 Å². The maximum Gasteiger partial charge on any atom is 0.422 e. The van der Waals surface area contributed by atoms with Crippen LogP contribution < -0.4 is 10.5 Å². The van der Waals surface area contributed by atoms with E-state index in [2.05, 4.69) is 16.5 Å². The number of amides is 1. The Labute approximate surface area is 215 Å². The molecule has 4 rings (SSSR count). The summed E-state index contributed by atoms with van der Waals surface area (Å²) in [6, 6.07) is 0. The molecule has 2 aliphatic heterocycles. The maximum atomic E-state index is 12.2. The van der Waals surface area contributed by atoms with Crippen molar-refractivity contribution in [1.82, 2.24) is 14.8 Å². The average Bonchev–Trinajstić information content (AvgIpc) is 3.15. The van der Waals surface area contributed by atoms with Crippen molar-refractivity contribution in [1.29, 1.82) is 0 Å². The van der Waals surface area contributed by atoms with Crippen molar-refractivity contribution in [3.8, 4) is 5.19 Å². The lowest BCUT2D eigenvalue weighted by molar-refractivity contribution is -0.153. The molecule has 1 saturated carbocycles. The van der Waals surface area contributed by atoms with Gasteiger partial charge in [0, 0.05) is 36.6 Å². The maximum absolute atomic E-state index is 12.2. The summed E-state index contributed by atoms with van der Waals surface area (Å²) >= 11 is 1.28. The number of halogens is 3. The van der Waals surface area contributed by atoms with E-state index < -0.39 is 18.7 Å². The number of likely N-dealkylation sites (N-methyl/N-ethyl adjacent to an activating group) is 1. The molecular formula is C26H37F3N4O2S. The zero-order valence-corrected chi connectivity index (χ0v) is 21.8. The van der Waals surface area contributed by atoms with Crippen molar-refractivity contribution >= 4 is 17.2 Å². The number of primary amides is 1. The molecule has 3 heterocycles. The Kier molecular flexibility index (Phi) is 10.4. The minimum Gasteiger partial charge on any atom is -0.460 e. The van der Waals surface area contributed by atoms with E-state index in [1.54, 1.807) is 17.1 Å². The molecule has 1 fully saturated rings. The van der Waals surface area contributed by atoms with Crippen molar-refractivity contribution in [3.05, 3.63) is 46.8 Å². The van der Waals surface area contributed by atoms with Gasteiger partial charge in [-0.1, -0.05) is 56.1 Å². The second kappa shape index (κ2) is 13.3. The van der Waals surface area contributed by atoms with Crippen LogP contribution in [0.2, 0.25) is 0 Å². The van der Waals surface area contributed by atoms with Crippen LogP contribution in [-0.4, -0.2) is 59.7 Å². The molecule has 36 heavy (non-hydrogen) atoms. The smallest absolute Gasteiger partial charge is 0.422 e. The van der Waals surface area contributed by atoms with E-state index in [4.69, 9.17) is 10.5 Å². The quantitative estimate of drug-likeness (QED) is 0.528. The number of nitrogens with zero attached hydrogens (tertiary/aromatic N) is 3. The lowest BCUT2D eigenvalue weighted by atomic mass is 9.87. The minimum absolute atomic E-state index is 0.160. The van der Waals surface area contributed by atoms with Crippen molar-refractivity contribution in [2.24, 2.45) is 11.7 Å². The number of allylic oxidation sites excluding steroid dienone is 3. The summed E-state index contributed by atoms with van der Waals surface area (Å²) in [6.45, 7) is 8.24. The Morgan fingerprint density at radius 3 is 2.61 bits per heavy atom. The molecule has 0 saturated heterocycles. The number of aromatic nitrogens is 1. The molecular weight excluding hydrogens is 489 g/mol. The summed E-state index contributed by atoms with van der Waals surface area (Å²) in [5.41, 5.74) is 7.40. The number of carbonyl (C=O) groups excluding carboxylic acids is 1. The number of carbonyl (C=O) groups is 1. The zero-order chi connectivity index (χ0) is 26.1. The molecule has 0 radical (unpaired) electrons. The van der Waals surface area contributed by atoms with Crippen LogP contribution in [0.3, 0.4) is 0 Å². The van der Waals surface area contributed by atoms with E-state index in [0.29, 0.717) is 12.2 Å². The Morgan fingerprint density at radius 2 is 1.97 bits per heavy atom. The van der Waals surface area contributed by atoms with Crippen LogP contribution >= 0.6 is 11.3 Å². The monoisotopic (exact) mass is 526 g/mol. The van der Waals surface area contributed by atoms with Crippen molar-refractivity contribution in [2.75, 3.05) is 32.8 Å². The molecule has 0 aromatic carbocycles. The Hall–Kier alpha value is -2.33. The third kappa shape index (κ3) is 8.65. The Morgan fingerprint density at radius 1 is 1.25 bits per heavy atom. The van der Waals surface area contributed by atoms with Crippen molar-refractivity contribution in [3.63, 3.8) is 0 Å². The minimum atomic E-state index is -4.31. The number of alkyl halides is 3. The molecule has 2 N–H and O–H groups in total. The highest BCUT2D eigenvalue weighted by Crippen LogP contribution is 2.30. The van der Waals surface area contributed by atoms with Gasteiger partial charge >= 0.3 is 6.18 Å². The molecule has 3 aliphatic rings. The number of rotatable bonds is 7. The van der Waals surface area contributed by atoms with Crippen molar-refractivity contribution < 1.29 is 22.7 Å². The number of ether oxygens (including phenoxy) is 1. The van der Waals surface area contributed by atoms with Crippen LogP contribution in [0, 0.1) is 5.92 Å². The van der Waals surface area contributed by atoms with Gasteiger partial charge in [-0.15, -0.1) is 0 Å². The number of hydrogen-bond donors (Lipinski definition) is 1. The van der Waals surface area contributed by atoms with Crippen LogP contribution in [0.15, 0.2) is 36.2 Å². The number of hydrogen-bond acceptors (Lipinski definition) is 6. The first kappa shape index (κ1) is 28.2. The standard InChI is InChI=1S/C17H25F3N2OS.C9H12N2O/c18-17(19,20)12-23-16-21-14-7-10-22(11-8-15(14)24-16)9-6-13-4-2-1-3-5-13;1-3-11-7(2)5-4-6-8(11)9(10)12/h13H,1-12H2;4-6H,2-3H2,1H3,(H2,10,12). The summed E-state index contributed by atoms with van der Waals surface area (Å²) in [5, 5.41) is 0.160. The molecule has 10 heteroatoms. The third-order valence-corrected chi connectivity index (χ3v) is 7.83. The first-order chi connectivity index (χ1) is 17.2. The average molecular weight is 527 g/mol. The van der Waals surface area contributed by atoms with Gasteiger partial charge in [0.1, 0.15) is 5.70 Å². The first-order valence-electron chi connectivity index (χ1n) is 12.7. The van der Waals surface area contributed by atoms with Gasteiger partial charge in [0.25, 0.3) is 11.1 Å². The predicted octanol–water partition coefficient (Wildman–Crippen LogP) is 5.22. The van der Waals surface area contributed by atoms with Gasteiger partial charge in [-0.25, -0.2) is 4.98 Å². The van der Waals surface area contributed by atoms with E-state index in [1.165, 1.54) is 49.9 Å². The molecule has 6 nitrogen and oxygen atoms in total. The first-order valence-corrected chi connectivity index (χ1v) is 13.5. The summed E-state index contributed by atoms with van der Waals surface area (Å²) in [6.07, 6.45) is 10.9. The van der Waals surface area contributed by atoms with Gasteiger partial charge in [-0.2, -0.15) is 13.2 Å². The van der Waals surface area contributed by atoms with E-state index in [0.717, 1.165) is 54.7 Å². The highest BCUT2D eigenvalue weighted by atomic mass is 32.1. The van der Waals surface area contributed by atoms with Gasteiger partial charge in [-0.3, -0.25) is 4.79 Å². The Balaban J connectivity index is 0.000000253. The molecule has 0 atom stereocenters. The largest absolute Gasteiger partial charge is 0.460 e. The van der Waals surface area contributed by atoms with Crippen LogP contribution in [0.5, 0.6) is 5.19 Å². The van der Waals surface area contributed by atoms with Crippen molar-refractivity contribution in [2.45, 2.75) is 64.5 Å². The van der Waals surface area contributed by atoms with Gasteiger partial charge < -0.3 is 20.3 Å². The van der Waals surface area contributed by atoms with Crippen LogP contribution in [-0.2, 0) is 17.6 Å². The van der Waals surface area contributed by atoms with E-state index >= 15 is 0 Å². The summed E-state index contributed by atoms with van der Waals surface area (Å²) in [4.78, 5) is 20.5. The van der Waals surface area contributed by atoms with Gasteiger partial charge in [0.15, 0.2) is 6.61 Å². The highest BCUT2D eigenvalue weighted by Gasteiger charge is 2.29. The summed E-state index contributed by atoms with van der Waals surface area (Å²) in [5.74, 6) is 0.471. The zero-order valence-electron chi connectivity index (χ0n) is 21.0. The number of thiazole rings is 1. The lowest BCUT2D eigenvalue weighted by Crippen LogP contribution is -2.31. The van der Waals surface area contributed by atoms with Crippen LogP contribution in [0.4, 0.5) is 13.2 Å². The molecule has 0 bridgehead atoms. The number of nitrogens with two attached hydrogens (primary N) is 1. The van der Waals surface area contributed by atoms with E-state index in [1.807, 2.05) is 13.0 Å². The second-order valence-electron chi connectivity index (χ2n) is 9.40. The van der Waals surface area contributed by atoms with Crippen LogP contribution in [0.25, 0.3) is 0 Å². The van der Waals surface area contributed by atoms with Gasteiger partial charge in [-0.05, 0) is 44.4 Å². The van der Waals surface area contributed by atoms with E-state index in [-0.39, 0.29) is 5.19 Å². The normalized spacial score (nSPS) is 19.2.